The van der Waals surface area contributed by atoms with Crippen molar-refractivity contribution in [3.63, 3.8) is 0 Å². The highest BCUT2D eigenvalue weighted by Gasteiger charge is 2.36. The van der Waals surface area contributed by atoms with Gasteiger partial charge in [0, 0.05) is 19.6 Å². The zero-order valence-electron chi connectivity index (χ0n) is 11.3. The molecule has 4 heteroatoms. The molecular formula is C14H26N2O2. The Morgan fingerprint density at radius 2 is 1.78 bits per heavy atom. The number of carbonyl (C=O) groups is 1. The van der Waals surface area contributed by atoms with E-state index in [1.807, 2.05) is 4.90 Å². The first kappa shape index (κ1) is 13.8. The molecule has 0 aromatic heterocycles. The molecule has 2 N–H and O–H groups in total. The molecule has 1 aliphatic heterocycles. The number of amides is 1. The predicted molar refractivity (Wildman–Crippen MR) is 71.2 cm³/mol. The van der Waals surface area contributed by atoms with Crippen LogP contribution in [0.15, 0.2) is 0 Å². The lowest BCUT2D eigenvalue weighted by Crippen LogP contribution is -2.45. The Kier molecular flexibility index (Phi) is 5.01. The van der Waals surface area contributed by atoms with Gasteiger partial charge in [0.15, 0.2) is 0 Å². The summed E-state index contributed by atoms with van der Waals surface area (Å²) >= 11 is 0. The molecule has 104 valence electrons. The molecule has 1 amide bonds. The number of hydrogen-bond donors (Lipinski definition) is 1. The molecule has 18 heavy (non-hydrogen) atoms. The van der Waals surface area contributed by atoms with E-state index in [1.54, 1.807) is 0 Å². The fraction of sp³-hybridized carbons (Fsp3) is 0.929. The van der Waals surface area contributed by atoms with E-state index in [2.05, 4.69) is 0 Å². The first-order valence-corrected chi connectivity index (χ1v) is 7.31. The van der Waals surface area contributed by atoms with Crippen molar-refractivity contribution in [1.29, 1.82) is 0 Å². The van der Waals surface area contributed by atoms with Gasteiger partial charge in [-0.3, -0.25) is 4.79 Å². The van der Waals surface area contributed by atoms with Crippen LogP contribution in [-0.4, -0.2) is 43.7 Å². The van der Waals surface area contributed by atoms with E-state index in [-0.39, 0.29) is 12.5 Å². The quantitative estimate of drug-likeness (QED) is 0.774. The summed E-state index contributed by atoms with van der Waals surface area (Å²) in [7, 11) is 0. The van der Waals surface area contributed by atoms with Crippen LogP contribution < -0.4 is 5.73 Å². The molecule has 1 saturated heterocycles. The first-order valence-electron chi connectivity index (χ1n) is 7.31. The highest BCUT2D eigenvalue weighted by molar-refractivity contribution is 5.77. The highest BCUT2D eigenvalue weighted by atomic mass is 16.5. The largest absolute Gasteiger partial charge is 0.370 e. The highest BCUT2D eigenvalue weighted by Crippen LogP contribution is 2.44. The van der Waals surface area contributed by atoms with Crippen molar-refractivity contribution in [2.24, 2.45) is 11.1 Å². The normalized spacial score (nSPS) is 23.3. The monoisotopic (exact) mass is 254 g/mol. The SMILES string of the molecule is NCCOCC(=O)N1CCC2(CCCCC2)CC1. The molecule has 1 saturated carbocycles. The van der Waals surface area contributed by atoms with E-state index in [1.165, 1.54) is 44.9 Å². The van der Waals surface area contributed by atoms with Gasteiger partial charge in [0.25, 0.3) is 0 Å². The smallest absolute Gasteiger partial charge is 0.248 e. The molecule has 0 aromatic carbocycles. The van der Waals surface area contributed by atoms with E-state index in [0.29, 0.717) is 18.6 Å². The molecule has 1 heterocycles. The average Bonchev–Trinajstić information content (AvgIpc) is 2.41. The van der Waals surface area contributed by atoms with Gasteiger partial charge in [-0.25, -0.2) is 0 Å². The summed E-state index contributed by atoms with van der Waals surface area (Å²) < 4.78 is 5.22. The molecule has 1 spiro atoms. The van der Waals surface area contributed by atoms with Crippen molar-refractivity contribution >= 4 is 5.91 Å². The summed E-state index contributed by atoms with van der Waals surface area (Å²) in [6, 6.07) is 0. The van der Waals surface area contributed by atoms with Crippen molar-refractivity contribution in [2.45, 2.75) is 44.9 Å². The number of nitrogens with zero attached hydrogens (tertiary/aromatic N) is 1. The molecule has 0 atom stereocenters. The Bertz CT molecular complexity index is 265. The van der Waals surface area contributed by atoms with Crippen LogP contribution in [0.1, 0.15) is 44.9 Å². The lowest BCUT2D eigenvalue weighted by Gasteiger charge is -2.44. The Hall–Kier alpha value is -0.610. The van der Waals surface area contributed by atoms with Gasteiger partial charge in [0.05, 0.1) is 6.61 Å². The van der Waals surface area contributed by atoms with Crippen LogP contribution in [0.4, 0.5) is 0 Å². The van der Waals surface area contributed by atoms with Crippen LogP contribution in [0.3, 0.4) is 0 Å². The Morgan fingerprint density at radius 3 is 2.39 bits per heavy atom. The van der Waals surface area contributed by atoms with Gasteiger partial charge in [-0.2, -0.15) is 0 Å². The topological polar surface area (TPSA) is 55.6 Å². The van der Waals surface area contributed by atoms with Crippen molar-refractivity contribution < 1.29 is 9.53 Å². The molecule has 4 nitrogen and oxygen atoms in total. The average molecular weight is 254 g/mol. The zero-order valence-corrected chi connectivity index (χ0v) is 11.3. The van der Waals surface area contributed by atoms with Gasteiger partial charge in [-0.15, -0.1) is 0 Å². The maximum Gasteiger partial charge on any atom is 0.248 e. The number of piperidine rings is 1. The third-order valence-corrected chi connectivity index (χ3v) is 4.58. The molecule has 0 bridgehead atoms. The van der Waals surface area contributed by atoms with Crippen molar-refractivity contribution in [1.82, 2.24) is 4.90 Å². The maximum atomic E-state index is 11.9. The van der Waals surface area contributed by atoms with E-state index < -0.39 is 0 Å². The summed E-state index contributed by atoms with van der Waals surface area (Å²) in [6.07, 6.45) is 9.29. The number of ether oxygens (including phenoxy) is 1. The second-order valence-electron chi connectivity index (χ2n) is 5.78. The molecule has 0 aromatic rings. The number of likely N-dealkylation sites (tertiary alicyclic amines) is 1. The van der Waals surface area contributed by atoms with Crippen LogP contribution in [0.25, 0.3) is 0 Å². The van der Waals surface area contributed by atoms with Gasteiger partial charge >= 0.3 is 0 Å². The van der Waals surface area contributed by atoms with Crippen LogP contribution in [0.2, 0.25) is 0 Å². The van der Waals surface area contributed by atoms with E-state index in [0.717, 1.165) is 13.1 Å². The minimum atomic E-state index is 0.133. The van der Waals surface area contributed by atoms with E-state index in [4.69, 9.17) is 10.5 Å². The number of hydrogen-bond acceptors (Lipinski definition) is 3. The van der Waals surface area contributed by atoms with Crippen molar-refractivity contribution in [3.05, 3.63) is 0 Å². The minimum absolute atomic E-state index is 0.133. The molecule has 2 rings (SSSR count). The lowest BCUT2D eigenvalue weighted by atomic mass is 9.68. The van der Waals surface area contributed by atoms with Crippen LogP contribution in [-0.2, 0) is 9.53 Å². The van der Waals surface area contributed by atoms with Crippen LogP contribution in [0.5, 0.6) is 0 Å². The Balaban J connectivity index is 1.73. The van der Waals surface area contributed by atoms with E-state index in [9.17, 15) is 4.79 Å². The molecule has 1 aliphatic carbocycles. The number of rotatable bonds is 4. The first-order chi connectivity index (χ1) is 8.76. The molecule has 0 radical (unpaired) electrons. The number of carbonyl (C=O) groups excluding carboxylic acids is 1. The van der Waals surface area contributed by atoms with Gasteiger partial charge in [-0.1, -0.05) is 19.3 Å². The zero-order chi connectivity index (χ0) is 12.8. The van der Waals surface area contributed by atoms with Crippen LogP contribution in [0, 0.1) is 5.41 Å². The van der Waals surface area contributed by atoms with Gasteiger partial charge in [0.2, 0.25) is 5.91 Å². The summed E-state index contributed by atoms with van der Waals surface area (Å²) in [4.78, 5) is 13.9. The predicted octanol–water partition coefficient (Wildman–Crippen LogP) is 1.53. The second kappa shape index (κ2) is 6.53. The molecule has 0 unspecified atom stereocenters. The van der Waals surface area contributed by atoms with Crippen molar-refractivity contribution in [2.75, 3.05) is 32.8 Å². The summed E-state index contributed by atoms with van der Waals surface area (Å²) in [5, 5.41) is 0. The van der Waals surface area contributed by atoms with Crippen LogP contribution >= 0.6 is 0 Å². The standard InChI is InChI=1S/C14H26N2O2/c15-8-11-18-12-13(17)16-9-6-14(7-10-16)4-2-1-3-5-14/h1-12,15H2. The third kappa shape index (κ3) is 3.45. The minimum Gasteiger partial charge on any atom is -0.370 e. The second-order valence-corrected chi connectivity index (χ2v) is 5.78. The lowest BCUT2D eigenvalue weighted by molar-refractivity contribution is -0.138. The fourth-order valence-electron chi connectivity index (χ4n) is 3.37. The van der Waals surface area contributed by atoms with Crippen molar-refractivity contribution in [3.8, 4) is 0 Å². The molecule has 2 fully saturated rings. The number of nitrogens with two attached hydrogens (primary N) is 1. The summed E-state index contributed by atoms with van der Waals surface area (Å²) in [5.74, 6) is 0.133. The fourth-order valence-corrected chi connectivity index (χ4v) is 3.37. The Labute approximate surface area is 110 Å². The van der Waals surface area contributed by atoms with Gasteiger partial charge in [0.1, 0.15) is 6.61 Å². The molecular weight excluding hydrogens is 228 g/mol. The van der Waals surface area contributed by atoms with Gasteiger partial charge < -0.3 is 15.4 Å². The van der Waals surface area contributed by atoms with Gasteiger partial charge in [-0.05, 0) is 31.1 Å². The third-order valence-electron chi connectivity index (χ3n) is 4.58. The maximum absolute atomic E-state index is 11.9. The molecule has 2 aliphatic rings. The Morgan fingerprint density at radius 1 is 1.11 bits per heavy atom. The summed E-state index contributed by atoms with van der Waals surface area (Å²) in [5.41, 5.74) is 5.90. The summed E-state index contributed by atoms with van der Waals surface area (Å²) in [6.45, 7) is 3.00. The van der Waals surface area contributed by atoms with E-state index >= 15 is 0 Å².